The first-order chi connectivity index (χ1) is 15.4. The second kappa shape index (κ2) is 8.32. The minimum Gasteiger partial charge on any atom is -0.349 e. The van der Waals surface area contributed by atoms with Gasteiger partial charge in [-0.1, -0.05) is 24.6 Å². The number of hydrogen-bond acceptors (Lipinski definition) is 6. The summed E-state index contributed by atoms with van der Waals surface area (Å²) in [5.74, 6) is 2.49. The molecular formula is C25H29ClN6. The number of pyridine rings is 2. The number of fused-ring (bicyclic) bond motifs is 1. The SMILES string of the molecule is Cc1cnc(-c2cc(N3CCc4nc(N5CCC(C)C5)ncc4[C@H]3C)ncc2Cl)c(C)c1. The number of anilines is 2. The fourth-order valence-corrected chi connectivity index (χ4v) is 5.09. The summed E-state index contributed by atoms with van der Waals surface area (Å²) in [6.07, 6.45) is 7.72. The Bertz CT molecular complexity index is 1160. The first kappa shape index (κ1) is 21.1. The lowest BCUT2D eigenvalue weighted by molar-refractivity contribution is 0.600. The summed E-state index contributed by atoms with van der Waals surface area (Å²) in [5, 5.41) is 0.617. The van der Waals surface area contributed by atoms with Gasteiger partial charge >= 0.3 is 0 Å². The second-order valence-corrected chi connectivity index (χ2v) is 9.64. The third kappa shape index (κ3) is 3.81. The molecule has 0 radical (unpaired) electrons. The van der Waals surface area contributed by atoms with Gasteiger partial charge in [-0.25, -0.2) is 15.0 Å². The first-order valence-electron chi connectivity index (χ1n) is 11.4. The lowest BCUT2D eigenvalue weighted by Crippen LogP contribution is -2.36. The predicted molar refractivity (Wildman–Crippen MR) is 129 cm³/mol. The van der Waals surface area contributed by atoms with Gasteiger partial charge in [0.1, 0.15) is 5.82 Å². The Morgan fingerprint density at radius 3 is 2.59 bits per heavy atom. The van der Waals surface area contributed by atoms with Gasteiger partial charge in [-0.2, -0.15) is 0 Å². The molecule has 2 aliphatic heterocycles. The van der Waals surface area contributed by atoms with Crippen molar-refractivity contribution in [2.45, 2.75) is 46.6 Å². The molecule has 5 heterocycles. The summed E-state index contributed by atoms with van der Waals surface area (Å²) >= 11 is 6.54. The van der Waals surface area contributed by atoms with Crippen LogP contribution in [-0.4, -0.2) is 39.6 Å². The molecule has 0 spiro atoms. The maximum atomic E-state index is 6.54. The first-order valence-corrected chi connectivity index (χ1v) is 11.7. The fraction of sp³-hybridized carbons (Fsp3) is 0.440. The largest absolute Gasteiger partial charge is 0.349 e. The standard InChI is InChI=1S/C25H29ClN6/c1-15-5-7-31(14-15)25-29-12-20-18(4)32(8-6-22(20)30-25)23-10-19(21(26)13-27-23)24-17(3)9-16(2)11-28-24/h9-13,15,18H,5-8,14H2,1-4H3/t15?,18-/m1/s1. The van der Waals surface area contributed by atoms with Crippen molar-refractivity contribution in [3.05, 3.63) is 58.1 Å². The summed E-state index contributed by atoms with van der Waals surface area (Å²) in [7, 11) is 0. The average Bonchev–Trinajstić information content (AvgIpc) is 3.21. The van der Waals surface area contributed by atoms with Crippen LogP contribution < -0.4 is 9.80 Å². The van der Waals surface area contributed by atoms with E-state index in [-0.39, 0.29) is 6.04 Å². The van der Waals surface area contributed by atoms with Gasteiger partial charge in [-0.15, -0.1) is 0 Å². The van der Waals surface area contributed by atoms with Crippen LogP contribution in [0.4, 0.5) is 11.8 Å². The molecule has 3 aromatic heterocycles. The molecule has 3 aromatic rings. The molecule has 2 atom stereocenters. The molecule has 2 aliphatic rings. The Labute approximate surface area is 194 Å². The number of aromatic nitrogens is 4. The quantitative estimate of drug-likeness (QED) is 0.550. The molecule has 0 aromatic carbocycles. The van der Waals surface area contributed by atoms with Crippen LogP contribution in [0.2, 0.25) is 5.02 Å². The van der Waals surface area contributed by atoms with E-state index in [0.29, 0.717) is 10.9 Å². The molecule has 1 unspecified atom stereocenters. The minimum atomic E-state index is 0.138. The van der Waals surface area contributed by atoms with Gasteiger partial charge in [-0.05, 0) is 50.3 Å². The highest BCUT2D eigenvalue weighted by Gasteiger charge is 2.29. The van der Waals surface area contributed by atoms with E-state index < -0.39 is 0 Å². The topological polar surface area (TPSA) is 58.0 Å². The molecule has 1 fully saturated rings. The van der Waals surface area contributed by atoms with E-state index in [1.807, 2.05) is 19.3 Å². The van der Waals surface area contributed by atoms with Crippen molar-refractivity contribution in [3.63, 3.8) is 0 Å². The van der Waals surface area contributed by atoms with Gasteiger partial charge < -0.3 is 9.80 Å². The highest BCUT2D eigenvalue weighted by molar-refractivity contribution is 6.33. The molecule has 166 valence electrons. The zero-order chi connectivity index (χ0) is 22.4. The van der Waals surface area contributed by atoms with Gasteiger partial charge in [0.2, 0.25) is 5.95 Å². The molecule has 0 N–H and O–H groups in total. The lowest BCUT2D eigenvalue weighted by Gasteiger charge is -2.36. The maximum absolute atomic E-state index is 6.54. The van der Waals surface area contributed by atoms with Crippen molar-refractivity contribution in [3.8, 4) is 11.3 Å². The molecule has 32 heavy (non-hydrogen) atoms. The van der Waals surface area contributed by atoms with E-state index in [1.165, 1.54) is 12.0 Å². The van der Waals surface area contributed by atoms with Crippen molar-refractivity contribution in [1.82, 2.24) is 19.9 Å². The maximum Gasteiger partial charge on any atom is 0.225 e. The van der Waals surface area contributed by atoms with Gasteiger partial charge in [-0.3, -0.25) is 4.98 Å². The number of nitrogens with zero attached hydrogens (tertiary/aromatic N) is 6. The summed E-state index contributed by atoms with van der Waals surface area (Å²) < 4.78 is 0. The Hall–Kier alpha value is -2.73. The molecule has 0 saturated carbocycles. The van der Waals surface area contributed by atoms with E-state index in [0.717, 1.165) is 65.9 Å². The highest BCUT2D eigenvalue weighted by Crippen LogP contribution is 2.36. The average molecular weight is 449 g/mol. The van der Waals surface area contributed by atoms with Crippen LogP contribution in [0.1, 0.15) is 48.7 Å². The number of halogens is 1. The van der Waals surface area contributed by atoms with Crippen LogP contribution in [0.15, 0.2) is 30.7 Å². The molecule has 6 nitrogen and oxygen atoms in total. The van der Waals surface area contributed by atoms with E-state index in [1.54, 1.807) is 6.20 Å². The summed E-state index contributed by atoms with van der Waals surface area (Å²) in [5.41, 5.74) is 6.40. The Balaban J connectivity index is 1.44. The number of hydrogen-bond donors (Lipinski definition) is 0. The normalized spacial score (nSPS) is 20.5. The molecule has 0 amide bonds. The van der Waals surface area contributed by atoms with E-state index in [4.69, 9.17) is 21.6 Å². The van der Waals surface area contributed by atoms with Crippen molar-refractivity contribution in [2.24, 2.45) is 5.92 Å². The summed E-state index contributed by atoms with van der Waals surface area (Å²) in [6, 6.07) is 4.34. The number of aryl methyl sites for hydroxylation is 2. The zero-order valence-corrected chi connectivity index (χ0v) is 19.9. The van der Waals surface area contributed by atoms with Crippen molar-refractivity contribution >= 4 is 23.4 Å². The van der Waals surface area contributed by atoms with Crippen LogP contribution in [-0.2, 0) is 6.42 Å². The van der Waals surface area contributed by atoms with Gasteiger partial charge in [0.05, 0.1) is 22.5 Å². The molecule has 5 rings (SSSR count). The van der Waals surface area contributed by atoms with Crippen molar-refractivity contribution < 1.29 is 0 Å². The number of rotatable bonds is 3. The van der Waals surface area contributed by atoms with Gasteiger partial charge in [0.25, 0.3) is 0 Å². The van der Waals surface area contributed by atoms with E-state index >= 15 is 0 Å². The minimum absolute atomic E-state index is 0.138. The van der Waals surface area contributed by atoms with Gasteiger partial charge in [0.15, 0.2) is 0 Å². The van der Waals surface area contributed by atoms with Crippen LogP contribution in [0.3, 0.4) is 0 Å². The Morgan fingerprint density at radius 2 is 1.84 bits per heavy atom. The zero-order valence-electron chi connectivity index (χ0n) is 19.1. The molecule has 0 aliphatic carbocycles. The van der Waals surface area contributed by atoms with Crippen LogP contribution in [0.25, 0.3) is 11.3 Å². The lowest BCUT2D eigenvalue weighted by atomic mass is 9.99. The monoisotopic (exact) mass is 448 g/mol. The van der Waals surface area contributed by atoms with E-state index in [2.05, 4.69) is 52.7 Å². The highest BCUT2D eigenvalue weighted by atomic mass is 35.5. The van der Waals surface area contributed by atoms with Crippen molar-refractivity contribution in [2.75, 3.05) is 29.4 Å². The third-order valence-corrected chi connectivity index (χ3v) is 7.01. The second-order valence-electron chi connectivity index (χ2n) is 9.23. The van der Waals surface area contributed by atoms with Crippen LogP contribution in [0.5, 0.6) is 0 Å². The Morgan fingerprint density at radius 1 is 1.00 bits per heavy atom. The molecule has 1 saturated heterocycles. The molecule has 0 bridgehead atoms. The molecular weight excluding hydrogens is 420 g/mol. The fourth-order valence-electron chi connectivity index (χ4n) is 4.90. The smallest absolute Gasteiger partial charge is 0.225 e. The third-order valence-electron chi connectivity index (χ3n) is 6.71. The summed E-state index contributed by atoms with van der Waals surface area (Å²) in [4.78, 5) is 23.6. The van der Waals surface area contributed by atoms with Crippen molar-refractivity contribution in [1.29, 1.82) is 0 Å². The van der Waals surface area contributed by atoms with Crippen LogP contribution in [0, 0.1) is 19.8 Å². The summed E-state index contributed by atoms with van der Waals surface area (Å²) in [6.45, 7) is 11.6. The van der Waals surface area contributed by atoms with Gasteiger partial charge in [0, 0.05) is 55.8 Å². The van der Waals surface area contributed by atoms with Crippen LogP contribution >= 0.6 is 11.6 Å². The van der Waals surface area contributed by atoms with E-state index in [9.17, 15) is 0 Å². The predicted octanol–water partition coefficient (Wildman–Crippen LogP) is 5.17. The molecule has 7 heteroatoms. The Kier molecular flexibility index (Phi) is 5.49.